The summed E-state index contributed by atoms with van der Waals surface area (Å²) in [7, 11) is 0. The Balaban J connectivity index is 1.27. The molecule has 3 aromatic rings. The van der Waals surface area contributed by atoms with Gasteiger partial charge in [-0.2, -0.15) is 5.10 Å². The molecule has 0 aromatic carbocycles. The van der Waals surface area contributed by atoms with Crippen molar-refractivity contribution < 1.29 is 9.59 Å². The molecule has 0 saturated heterocycles. The molecule has 0 aliphatic heterocycles. The molecular weight excluding hydrogens is 426 g/mol. The molecule has 3 amide bonds. The molecular formula is C22H27N7O2S. The quantitative estimate of drug-likeness (QED) is 0.424. The van der Waals surface area contributed by atoms with Crippen LogP contribution in [0.15, 0.2) is 30.6 Å². The number of aromatic amines is 1. The van der Waals surface area contributed by atoms with Crippen LogP contribution in [0.3, 0.4) is 0 Å². The Labute approximate surface area is 190 Å². The maximum absolute atomic E-state index is 12.3. The molecule has 0 bridgehead atoms. The fraction of sp³-hybridized carbons (Fsp3) is 0.409. The first-order valence-electron chi connectivity index (χ1n) is 10.6. The minimum absolute atomic E-state index is 0.0517. The minimum atomic E-state index is -0.375. The van der Waals surface area contributed by atoms with E-state index in [2.05, 4.69) is 56.9 Å². The fourth-order valence-corrected chi connectivity index (χ4v) is 3.85. The molecule has 0 spiro atoms. The first kappa shape index (κ1) is 21.9. The van der Waals surface area contributed by atoms with Crippen molar-refractivity contribution in [2.24, 2.45) is 5.92 Å². The van der Waals surface area contributed by atoms with E-state index in [9.17, 15) is 9.59 Å². The Hall–Kier alpha value is -3.27. The van der Waals surface area contributed by atoms with Gasteiger partial charge >= 0.3 is 6.03 Å². The summed E-state index contributed by atoms with van der Waals surface area (Å²) in [6.07, 6.45) is 6.96. The molecule has 32 heavy (non-hydrogen) atoms. The number of hydrogen-bond acceptors (Lipinski definition) is 6. The lowest BCUT2D eigenvalue weighted by Gasteiger charge is -2.13. The average Bonchev–Trinajstić information content (AvgIpc) is 3.32. The number of nitrogens with one attached hydrogen (secondary N) is 4. The van der Waals surface area contributed by atoms with Gasteiger partial charge in [-0.15, -0.1) is 11.3 Å². The number of hydrogen-bond donors (Lipinski definition) is 4. The monoisotopic (exact) mass is 453 g/mol. The number of nitrogens with zero attached hydrogens (tertiary/aromatic N) is 3. The lowest BCUT2D eigenvalue weighted by Crippen LogP contribution is -2.19. The molecule has 0 atom stereocenters. The van der Waals surface area contributed by atoms with Gasteiger partial charge in [-0.3, -0.25) is 20.5 Å². The van der Waals surface area contributed by atoms with Crippen LogP contribution in [0.5, 0.6) is 0 Å². The van der Waals surface area contributed by atoms with E-state index in [0.717, 1.165) is 41.8 Å². The number of urea groups is 1. The van der Waals surface area contributed by atoms with Gasteiger partial charge in [0.2, 0.25) is 5.91 Å². The number of amides is 3. The van der Waals surface area contributed by atoms with E-state index in [4.69, 9.17) is 0 Å². The molecule has 1 aliphatic carbocycles. The maximum atomic E-state index is 12.3. The van der Waals surface area contributed by atoms with Crippen LogP contribution in [-0.2, 0) is 23.1 Å². The molecule has 1 saturated carbocycles. The average molecular weight is 454 g/mol. The van der Waals surface area contributed by atoms with Crippen molar-refractivity contribution >= 4 is 40.0 Å². The molecule has 3 aromatic heterocycles. The normalized spacial score (nSPS) is 13.6. The highest BCUT2D eigenvalue weighted by Gasteiger charge is 2.29. The van der Waals surface area contributed by atoms with E-state index in [1.807, 2.05) is 18.2 Å². The lowest BCUT2D eigenvalue weighted by molar-refractivity contribution is -0.117. The molecule has 1 fully saturated rings. The first-order chi connectivity index (χ1) is 15.3. The Kier molecular flexibility index (Phi) is 6.22. The van der Waals surface area contributed by atoms with Crippen molar-refractivity contribution in [1.29, 1.82) is 0 Å². The van der Waals surface area contributed by atoms with Gasteiger partial charge in [0.25, 0.3) is 0 Å². The summed E-state index contributed by atoms with van der Waals surface area (Å²) < 4.78 is 0. The number of rotatable bonds is 7. The Morgan fingerprint density at radius 2 is 1.94 bits per heavy atom. The second-order valence-corrected chi connectivity index (χ2v) is 10.1. The third-order valence-corrected chi connectivity index (χ3v) is 6.02. The van der Waals surface area contributed by atoms with Crippen LogP contribution in [0, 0.1) is 5.92 Å². The van der Waals surface area contributed by atoms with E-state index < -0.39 is 0 Å². The van der Waals surface area contributed by atoms with Crippen molar-refractivity contribution in [3.8, 4) is 0 Å². The second kappa shape index (κ2) is 9.07. The van der Waals surface area contributed by atoms with Gasteiger partial charge < -0.3 is 5.32 Å². The SMILES string of the molecule is CC(C)(C)c1cc(NC(=O)Nc2ncc(CCc3ccnc(NC(=O)C4CC4)c3)s2)[nH]n1. The summed E-state index contributed by atoms with van der Waals surface area (Å²) in [5.41, 5.74) is 1.85. The zero-order valence-electron chi connectivity index (χ0n) is 18.4. The highest BCUT2D eigenvalue weighted by atomic mass is 32.1. The predicted octanol–water partition coefficient (Wildman–Crippen LogP) is 4.34. The molecule has 4 N–H and O–H groups in total. The number of anilines is 3. The van der Waals surface area contributed by atoms with Gasteiger partial charge in [0.15, 0.2) is 5.13 Å². The van der Waals surface area contributed by atoms with Gasteiger partial charge in [0.05, 0.1) is 5.69 Å². The van der Waals surface area contributed by atoms with Gasteiger partial charge in [-0.1, -0.05) is 20.8 Å². The van der Waals surface area contributed by atoms with Crippen LogP contribution >= 0.6 is 11.3 Å². The molecule has 0 radical (unpaired) electrons. The van der Waals surface area contributed by atoms with E-state index >= 15 is 0 Å². The van der Waals surface area contributed by atoms with Crippen LogP contribution in [0.25, 0.3) is 0 Å². The molecule has 168 valence electrons. The van der Waals surface area contributed by atoms with Crippen LogP contribution in [0.2, 0.25) is 0 Å². The first-order valence-corrected chi connectivity index (χ1v) is 11.4. The number of aryl methyl sites for hydroxylation is 2. The largest absolute Gasteiger partial charge is 0.326 e. The summed E-state index contributed by atoms with van der Waals surface area (Å²) in [5, 5.41) is 16.0. The Morgan fingerprint density at radius 1 is 1.12 bits per heavy atom. The van der Waals surface area contributed by atoms with E-state index in [1.165, 1.54) is 11.3 Å². The van der Waals surface area contributed by atoms with Gasteiger partial charge in [0, 0.05) is 34.7 Å². The highest BCUT2D eigenvalue weighted by Crippen LogP contribution is 2.30. The highest BCUT2D eigenvalue weighted by molar-refractivity contribution is 7.15. The zero-order valence-corrected chi connectivity index (χ0v) is 19.2. The third kappa shape index (κ3) is 5.91. The summed E-state index contributed by atoms with van der Waals surface area (Å²) in [6, 6.07) is 5.30. The van der Waals surface area contributed by atoms with Crippen LogP contribution in [0.4, 0.5) is 21.6 Å². The van der Waals surface area contributed by atoms with Crippen molar-refractivity contribution in [3.05, 3.63) is 46.7 Å². The minimum Gasteiger partial charge on any atom is -0.310 e. The summed E-state index contributed by atoms with van der Waals surface area (Å²) in [5.74, 6) is 1.33. The number of pyridine rings is 1. The molecule has 1 aliphatic rings. The topological polar surface area (TPSA) is 125 Å². The number of aromatic nitrogens is 4. The lowest BCUT2D eigenvalue weighted by atomic mass is 9.92. The van der Waals surface area contributed by atoms with Gasteiger partial charge in [0.1, 0.15) is 11.6 Å². The van der Waals surface area contributed by atoms with E-state index in [0.29, 0.717) is 16.8 Å². The number of carbonyl (C=O) groups is 2. The van der Waals surface area contributed by atoms with Crippen molar-refractivity contribution in [1.82, 2.24) is 20.2 Å². The fourth-order valence-electron chi connectivity index (χ4n) is 3.04. The third-order valence-electron chi connectivity index (χ3n) is 5.05. The molecule has 0 unspecified atom stereocenters. The Bertz CT molecular complexity index is 1110. The molecule has 3 heterocycles. The van der Waals surface area contributed by atoms with E-state index in [-0.39, 0.29) is 23.3 Å². The zero-order chi connectivity index (χ0) is 22.7. The van der Waals surface area contributed by atoms with Crippen LogP contribution < -0.4 is 16.0 Å². The smallest absolute Gasteiger partial charge is 0.310 e. The maximum Gasteiger partial charge on any atom is 0.326 e. The standard InChI is InChI=1S/C22H27N7O2S/c1-22(2,3)16-11-18(29-28-16)26-20(31)27-21-24-12-15(32-21)7-4-13-8-9-23-17(10-13)25-19(30)14-5-6-14/h8-12,14H,4-7H2,1-3H3,(H,23,25,30)(H3,24,26,27,28,29,31). The van der Waals surface area contributed by atoms with Crippen LogP contribution in [0.1, 0.15) is 49.7 Å². The predicted molar refractivity (Wildman–Crippen MR) is 125 cm³/mol. The van der Waals surface area contributed by atoms with Gasteiger partial charge in [-0.05, 0) is 43.4 Å². The van der Waals surface area contributed by atoms with Gasteiger partial charge in [-0.25, -0.2) is 14.8 Å². The summed E-state index contributed by atoms with van der Waals surface area (Å²) in [4.78, 5) is 33.7. The summed E-state index contributed by atoms with van der Waals surface area (Å²) in [6.45, 7) is 6.17. The van der Waals surface area contributed by atoms with Crippen molar-refractivity contribution in [2.75, 3.05) is 16.0 Å². The van der Waals surface area contributed by atoms with Crippen molar-refractivity contribution in [3.63, 3.8) is 0 Å². The number of carbonyl (C=O) groups excluding carboxylic acids is 2. The van der Waals surface area contributed by atoms with Crippen LogP contribution in [-0.4, -0.2) is 32.1 Å². The summed E-state index contributed by atoms with van der Waals surface area (Å²) >= 11 is 1.43. The molecule has 4 rings (SSSR count). The second-order valence-electron chi connectivity index (χ2n) is 8.94. The molecule has 9 nitrogen and oxygen atoms in total. The Morgan fingerprint density at radius 3 is 2.66 bits per heavy atom. The number of thiazole rings is 1. The van der Waals surface area contributed by atoms with Crippen molar-refractivity contribution in [2.45, 2.75) is 51.9 Å². The number of H-pyrrole nitrogens is 1. The molecule has 10 heteroatoms. The van der Waals surface area contributed by atoms with E-state index in [1.54, 1.807) is 12.4 Å².